The summed E-state index contributed by atoms with van der Waals surface area (Å²) < 4.78 is 4.29. The number of nitrogens with zero attached hydrogens (tertiary/aromatic N) is 1. The van der Waals surface area contributed by atoms with E-state index in [1.54, 1.807) is 6.07 Å². The highest BCUT2D eigenvalue weighted by Crippen LogP contribution is 1.79. The maximum Gasteiger partial charge on any atom is 0.330 e. The van der Waals surface area contributed by atoms with Crippen LogP contribution in [0.4, 0.5) is 0 Å². The molecule has 0 spiro atoms. The van der Waals surface area contributed by atoms with Crippen molar-refractivity contribution in [2.75, 3.05) is 7.11 Å². The van der Waals surface area contributed by atoms with Crippen molar-refractivity contribution >= 4 is 5.97 Å². The average molecular weight is 137 g/mol. The number of hydrogen-bond acceptors (Lipinski definition) is 3. The lowest BCUT2D eigenvalue weighted by Gasteiger charge is -1.85. The van der Waals surface area contributed by atoms with Gasteiger partial charge in [0, 0.05) is 12.2 Å². The van der Waals surface area contributed by atoms with E-state index in [9.17, 15) is 4.79 Å². The molecule has 0 saturated heterocycles. The van der Waals surface area contributed by atoms with Crippen LogP contribution in [-0.2, 0) is 9.53 Å². The minimum atomic E-state index is -0.428. The van der Waals surface area contributed by atoms with Gasteiger partial charge >= 0.3 is 5.97 Å². The molecule has 0 rings (SSSR count). The maximum absolute atomic E-state index is 10.3. The largest absolute Gasteiger partial charge is 0.466 e. The van der Waals surface area contributed by atoms with Crippen molar-refractivity contribution in [2.24, 2.45) is 0 Å². The van der Waals surface area contributed by atoms with Crippen LogP contribution in [-0.4, -0.2) is 13.1 Å². The molecule has 52 valence electrons. The number of rotatable bonds is 2. The number of ether oxygens (including phenoxy) is 1. The van der Waals surface area contributed by atoms with Crippen LogP contribution in [0, 0.1) is 11.3 Å². The van der Waals surface area contributed by atoms with E-state index in [0.29, 0.717) is 0 Å². The zero-order valence-corrected chi connectivity index (χ0v) is 5.57. The highest BCUT2D eigenvalue weighted by Gasteiger charge is 1.85. The fourth-order valence-corrected chi connectivity index (χ4v) is 0.301. The van der Waals surface area contributed by atoms with E-state index in [2.05, 4.69) is 4.74 Å². The summed E-state index contributed by atoms with van der Waals surface area (Å²) in [5.74, 6) is -0.428. The lowest BCUT2D eigenvalue weighted by atomic mass is 10.4. The standard InChI is InChI=1S/C7H7NO2/c1-10-7(9)5-3-2-4-6-8/h2-5H,1H3/b4-2+,5-3+. The molecule has 0 aromatic rings. The fourth-order valence-electron chi connectivity index (χ4n) is 0.301. The van der Waals surface area contributed by atoms with Crippen LogP contribution in [0.3, 0.4) is 0 Å². The van der Waals surface area contributed by atoms with Gasteiger partial charge in [-0.1, -0.05) is 12.2 Å². The summed E-state index contributed by atoms with van der Waals surface area (Å²) in [6, 6.07) is 1.78. The molecule has 0 atom stereocenters. The second-order valence-electron chi connectivity index (χ2n) is 1.37. The van der Waals surface area contributed by atoms with Gasteiger partial charge in [-0.15, -0.1) is 0 Å². The van der Waals surface area contributed by atoms with Crippen LogP contribution in [0.25, 0.3) is 0 Å². The molecule has 0 aromatic heterocycles. The predicted octanol–water partition coefficient (Wildman–Crippen LogP) is 0.795. The van der Waals surface area contributed by atoms with Crippen LogP contribution in [0.1, 0.15) is 0 Å². The first-order chi connectivity index (χ1) is 4.81. The summed E-state index contributed by atoms with van der Waals surface area (Å²) in [7, 11) is 1.29. The van der Waals surface area contributed by atoms with Gasteiger partial charge in [-0.05, 0) is 0 Å². The molecule has 0 amide bonds. The topological polar surface area (TPSA) is 50.1 Å². The van der Waals surface area contributed by atoms with Gasteiger partial charge in [-0.3, -0.25) is 0 Å². The molecule has 10 heavy (non-hydrogen) atoms. The van der Waals surface area contributed by atoms with Crippen LogP contribution in [0.2, 0.25) is 0 Å². The molecular weight excluding hydrogens is 130 g/mol. The third-order valence-electron chi connectivity index (χ3n) is 0.715. The molecule has 0 radical (unpaired) electrons. The third kappa shape index (κ3) is 4.60. The van der Waals surface area contributed by atoms with E-state index in [0.717, 1.165) is 0 Å². The molecule has 0 fully saturated rings. The summed E-state index contributed by atoms with van der Waals surface area (Å²) in [5.41, 5.74) is 0. The molecular formula is C7H7NO2. The van der Waals surface area contributed by atoms with E-state index in [1.165, 1.54) is 31.4 Å². The van der Waals surface area contributed by atoms with Crippen molar-refractivity contribution in [3.05, 3.63) is 24.3 Å². The first-order valence-corrected chi connectivity index (χ1v) is 2.62. The minimum absolute atomic E-state index is 0.428. The number of carbonyl (C=O) groups excluding carboxylic acids is 1. The molecule has 0 aliphatic rings. The minimum Gasteiger partial charge on any atom is -0.466 e. The second kappa shape index (κ2) is 5.57. The van der Waals surface area contributed by atoms with Gasteiger partial charge in [0.05, 0.1) is 13.2 Å². The Morgan fingerprint density at radius 3 is 2.80 bits per heavy atom. The van der Waals surface area contributed by atoms with E-state index in [-0.39, 0.29) is 0 Å². The van der Waals surface area contributed by atoms with Gasteiger partial charge in [-0.25, -0.2) is 4.79 Å². The summed E-state index contributed by atoms with van der Waals surface area (Å²) >= 11 is 0. The molecule has 3 nitrogen and oxygen atoms in total. The molecule has 0 bridgehead atoms. The smallest absolute Gasteiger partial charge is 0.330 e. The van der Waals surface area contributed by atoms with Crippen molar-refractivity contribution < 1.29 is 9.53 Å². The van der Waals surface area contributed by atoms with Gasteiger partial charge in [0.25, 0.3) is 0 Å². The Morgan fingerprint density at radius 2 is 2.30 bits per heavy atom. The molecule has 0 aromatic carbocycles. The number of allylic oxidation sites excluding steroid dienone is 3. The van der Waals surface area contributed by atoms with Crippen LogP contribution >= 0.6 is 0 Å². The second-order valence-corrected chi connectivity index (χ2v) is 1.37. The third-order valence-corrected chi connectivity index (χ3v) is 0.715. The number of methoxy groups -OCH3 is 1. The van der Waals surface area contributed by atoms with Crippen LogP contribution < -0.4 is 0 Å². The van der Waals surface area contributed by atoms with Gasteiger partial charge < -0.3 is 4.74 Å². The van der Waals surface area contributed by atoms with Crippen molar-refractivity contribution in [1.29, 1.82) is 5.26 Å². The summed E-state index contributed by atoms with van der Waals surface area (Å²) in [5, 5.41) is 8.00. The van der Waals surface area contributed by atoms with Crippen molar-refractivity contribution in [3.63, 3.8) is 0 Å². The Balaban J connectivity index is 3.68. The number of esters is 1. The van der Waals surface area contributed by atoms with Crippen molar-refractivity contribution in [1.82, 2.24) is 0 Å². The number of carbonyl (C=O) groups is 1. The lowest BCUT2D eigenvalue weighted by Crippen LogP contribution is -1.92. The van der Waals surface area contributed by atoms with E-state index in [4.69, 9.17) is 5.26 Å². The Labute approximate surface area is 59.2 Å². The lowest BCUT2D eigenvalue weighted by molar-refractivity contribution is -0.134. The van der Waals surface area contributed by atoms with Gasteiger partial charge in [-0.2, -0.15) is 5.26 Å². The zero-order valence-electron chi connectivity index (χ0n) is 5.57. The average Bonchev–Trinajstić information content (AvgIpc) is 1.98. The summed E-state index contributed by atoms with van der Waals surface area (Å²) in [6.07, 6.45) is 5.39. The number of hydrogen-bond donors (Lipinski definition) is 0. The predicted molar refractivity (Wildman–Crippen MR) is 35.9 cm³/mol. The highest BCUT2D eigenvalue weighted by molar-refractivity contribution is 5.82. The first kappa shape index (κ1) is 8.44. The van der Waals surface area contributed by atoms with Gasteiger partial charge in [0.1, 0.15) is 0 Å². The molecule has 0 saturated carbocycles. The number of nitriles is 1. The van der Waals surface area contributed by atoms with Crippen LogP contribution in [0.5, 0.6) is 0 Å². The normalized spacial score (nSPS) is 10.0. The Kier molecular flexibility index (Phi) is 4.70. The Morgan fingerprint density at radius 1 is 1.60 bits per heavy atom. The quantitative estimate of drug-likeness (QED) is 0.245. The summed E-state index contributed by atoms with van der Waals surface area (Å²) in [4.78, 5) is 10.3. The molecule has 0 heterocycles. The van der Waals surface area contributed by atoms with Gasteiger partial charge in [0.15, 0.2) is 0 Å². The van der Waals surface area contributed by atoms with Gasteiger partial charge in [0.2, 0.25) is 0 Å². The molecule has 0 aliphatic carbocycles. The van der Waals surface area contributed by atoms with Crippen molar-refractivity contribution in [2.45, 2.75) is 0 Å². The molecule has 3 heteroatoms. The zero-order chi connectivity index (χ0) is 7.82. The Bertz CT molecular complexity index is 198. The maximum atomic E-state index is 10.3. The SMILES string of the molecule is COC(=O)/C=C/C=C/C#N. The van der Waals surface area contributed by atoms with E-state index in [1.807, 2.05) is 0 Å². The highest BCUT2D eigenvalue weighted by atomic mass is 16.5. The first-order valence-electron chi connectivity index (χ1n) is 2.62. The van der Waals surface area contributed by atoms with Crippen molar-refractivity contribution in [3.8, 4) is 6.07 Å². The van der Waals surface area contributed by atoms with E-state index < -0.39 is 5.97 Å². The van der Waals surface area contributed by atoms with Crippen LogP contribution in [0.15, 0.2) is 24.3 Å². The Hall–Kier alpha value is -1.56. The summed E-state index contributed by atoms with van der Waals surface area (Å²) in [6.45, 7) is 0. The monoisotopic (exact) mass is 137 g/mol. The van der Waals surface area contributed by atoms with E-state index >= 15 is 0 Å². The molecule has 0 N–H and O–H groups in total. The molecule has 0 unspecified atom stereocenters. The fraction of sp³-hybridized carbons (Fsp3) is 0.143. The molecule has 0 aliphatic heterocycles.